The van der Waals surface area contributed by atoms with Gasteiger partial charge in [-0.3, -0.25) is 13.9 Å². The van der Waals surface area contributed by atoms with E-state index in [0.717, 1.165) is 47.4 Å². The average Bonchev–Trinajstić information content (AvgIpc) is 3.47. The minimum absolute atomic E-state index is 0.0465. The van der Waals surface area contributed by atoms with Gasteiger partial charge in [-0.2, -0.15) is 0 Å². The molecule has 0 radical (unpaired) electrons. The van der Waals surface area contributed by atoms with Crippen molar-refractivity contribution in [1.29, 1.82) is 0 Å². The van der Waals surface area contributed by atoms with Crippen molar-refractivity contribution >= 4 is 39.1 Å². The summed E-state index contributed by atoms with van der Waals surface area (Å²) in [6.07, 6.45) is 5.16. The molecule has 0 aliphatic heterocycles. The summed E-state index contributed by atoms with van der Waals surface area (Å²) in [6, 6.07) is 22.4. The van der Waals surface area contributed by atoms with Crippen LogP contribution in [-0.4, -0.2) is 57.1 Å². The van der Waals surface area contributed by atoms with E-state index >= 15 is 0 Å². The minimum atomic E-state index is -3.90. The van der Waals surface area contributed by atoms with Gasteiger partial charge in [0.05, 0.1) is 24.1 Å². The highest BCUT2D eigenvalue weighted by Gasteiger charge is 2.34. The van der Waals surface area contributed by atoms with Crippen LogP contribution in [0.1, 0.15) is 36.8 Å². The van der Waals surface area contributed by atoms with E-state index in [4.69, 9.17) is 16.3 Å². The summed E-state index contributed by atoms with van der Waals surface area (Å²) >= 11 is 6.36. The highest BCUT2D eigenvalue weighted by atomic mass is 35.5. The summed E-state index contributed by atoms with van der Waals surface area (Å²) in [5.74, 6) is -0.180. The van der Waals surface area contributed by atoms with Crippen molar-refractivity contribution in [3.63, 3.8) is 0 Å². The average molecular weight is 598 g/mol. The monoisotopic (exact) mass is 597 g/mol. The molecule has 218 valence electrons. The summed E-state index contributed by atoms with van der Waals surface area (Å²) in [5.41, 5.74) is 1.82. The Labute approximate surface area is 247 Å². The molecular formula is C31H36ClN3O5S. The number of amides is 2. The SMILES string of the molecule is COc1cccc(CN(C(=O)CN(c2ccccc2Cl)S(C)(=O)=O)C(Cc2ccccc2)C(=O)NC2CCCC2)c1. The number of benzene rings is 3. The fourth-order valence-electron chi connectivity index (χ4n) is 5.14. The molecule has 41 heavy (non-hydrogen) atoms. The maximum Gasteiger partial charge on any atom is 0.244 e. The largest absolute Gasteiger partial charge is 0.497 e. The quantitative estimate of drug-likeness (QED) is 0.323. The Bertz CT molecular complexity index is 1440. The van der Waals surface area contributed by atoms with Crippen molar-refractivity contribution in [1.82, 2.24) is 10.2 Å². The van der Waals surface area contributed by atoms with E-state index in [1.54, 1.807) is 43.5 Å². The first kappa shape index (κ1) is 30.4. The van der Waals surface area contributed by atoms with Gasteiger partial charge in [-0.25, -0.2) is 8.42 Å². The van der Waals surface area contributed by atoms with Gasteiger partial charge in [0.25, 0.3) is 0 Å². The van der Waals surface area contributed by atoms with E-state index in [9.17, 15) is 18.0 Å². The molecule has 0 bridgehead atoms. The Balaban J connectivity index is 1.74. The lowest BCUT2D eigenvalue weighted by molar-refractivity contribution is -0.140. The maximum absolute atomic E-state index is 14.2. The third kappa shape index (κ3) is 8.24. The molecule has 0 spiro atoms. The van der Waals surface area contributed by atoms with E-state index in [0.29, 0.717) is 5.75 Å². The number of carbonyl (C=O) groups is 2. The topological polar surface area (TPSA) is 96.0 Å². The summed E-state index contributed by atoms with van der Waals surface area (Å²) < 4.78 is 32.2. The molecule has 1 atom stereocenters. The standard InChI is InChI=1S/C31H36ClN3O5S/c1-40-26-16-10-13-24(19-26)21-34(30(36)22-35(41(2,38)39)28-18-9-8-17-27(28)32)29(20-23-11-4-3-5-12-23)31(37)33-25-14-6-7-15-25/h3-5,8-13,16-19,25,29H,6-7,14-15,20-22H2,1-2H3,(H,33,37). The molecule has 1 saturated carbocycles. The highest BCUT2D eigenvalue weighted by molar-refractivity contribution is 7.92. The molecule has 0 saturated heterocycles. The van der Waals surface area contributed by atoms with E-state index in [1.807, 2.05) is 42.5 Å². The van der Waals surface area contributed by atoms with Gasteiger partial charge >= 0.3 is 0 Å². The minimum Gasteiger partial charge on any atom is -0.497 e. The number of carbonyl (C=O) groups excluding carboxylic acids is 2. The lowest BCUT2D eigenvalue weighted by Crippen LogP contribution is -2.54. The lowest BCUT2D eigenvalue weighted by Gasteiger charge is -2.34. The zero-order chi connectivity index (χ0) is 29.4. The Morgan fingerprint density at radius 3 is 2.29 bits per heavy atom. The molecule has 1 aliphatic carbocycles. The number of nitrogens with zero attached hydrogens (tertiary/aromatic N) is 2. The van der Waals surface area contributed by atoms with Crippen molar-refractivity contribution in [2.75, 3.05) is 24.2 Å². The van der Waals surface area contributed by atoms with Crippen molar-refractivity contribution in [3.05, 3.63) is 95.0 Å². The van der Waals surface area contributed by atoms with Crippen LogP contribution in [0.25, 0.3) is 0 Å². The van der Waals surface area contributed by atoms with Gasteiger partial charge < -0.3 is 15.0 Å². The first-order chi connectivity index (χ1) is 19.7. The predicted octanol–water partition coefficient (Wildman–Crippen LogP) is 4.81. The number of hydrogen-bond donors (Lipinski definition) is 1. The van der Waals surface area contributed by atoms with E-state index in [1.165, 1.54) is 4.90 Å². The molecule has 3 aromatic rings. The zero-order valence-electron chi connectivity index (χ0n) is 23.3. The third-order valence-corrected chi connectivity index (χ3v) is 8.71. The normalized spacial score (nSPS) is 14.3. The Kier molecular flexibility index (Phi) is 10.3. The van der Waals surface area contributed by atoms with Crippen LogP contribution in [-0.2, 0) is 32.6 Å². The fourth-order valence-corrected chi connectivity index (χ4v) is 6.29. The van der Waals surface area contributed by atoms with Crippen LogP contribution in [0.5, 0.6) is 5.75 Å². The number of para-hydroxylation sites is 1. The molecule has 3 aromatic carbocycles. The van der Waals surface area contributed by atoms with Crippen LogP contribution < -0.4 is 14.4 Å². The van der Waals surface area contributed by atoms with Crippen LogP contribution >= 0.6 is 11.6 Å². The fraction of sp³-hybridized carbons (Fsp3) is 0.355. The molecule has 4 rings (SSSR count). The molecule has 0 heterocycles. The third-order valence-electron chi connectivity index (χ3n) is 7.26. The summed E-state index contributed by atoms with van der Waals surface area (Å²) in [5, 5.41) is 3.36. The van der Waals surface area contributed by atoms with Gasteiger partial charge in [0.1, 0.15) is 18.3 Å². The van der Waals surface area contributed by atoms with Crippen molar-refractivity contribution in [2.45, 2.75) is 50.7 Å². The Hall–Kier alpha value is -3.56. The molecule has 1 unspecified atom stereocenters. The van der Waals surface area contributed by atoms with Crippen molar-refractivity contribution in [2.24, 2.45) is 0 Å². The predicted molar refractivity (Wildman–Crippen MR) is 162 cm³/mol. The lowest BCUT2D eigenvalue weighted by atomic mass is 10.0. The number of methoxy groups -OCH3 is 1. The Morgan fingerprint density at radius 2 is 1.63 bits per heavy atom. The van der Waals surface area contributed by atoms with Gasteiger partial charge in [0, 0.05) is 19.0 Å². The maximum atomic E-state index is 14.2. The van der Waals surface area contributed by atoms with Crippen LogP contribution in [0.15, 0.2) is 78.9 Å². The molecule has 1 fully saturated rings. The Morgan fingerprint density at radius 1 is 0.976 bits per heavy atom. The first-order valence-corrected chi connectivity index (χ1v) is 15.9. The zero-order valence-corrected chi connectivity index (χ0v) is 24.9. The molecule has 2 amide bonds. The van der Waals surface area contributed by atoms with E-state index in [2.05, 4.69) is 5.32 Å². The number of ether oxygens (including phenoxy) is 1. The summed E-state index contributed by atoms with van der Waals surface area (Å²) in [6.45, 7) is -0.444. The molecule has 10 heteroatoms. The van der Waals surface area contributed by atoms with Gasteiger partial charge in [-0.1, -0.05) is 79.0 Å². The summed E-state index contributed by atoms with van der Waals surface area (Å²) in [7, 11) is -2.34. The summed E-state index contributed by atoms with van der Waals surface area (Å²) in [4.78, 5) is 29.5. The second-order valence-corrected chi connectivity index (χ2v) is 12.6. The van der Waals surface area contributed by atoms with Gasteiger partial charge in [-0.05, 0) is 48.2 Å². The number of sulfonamides is 1. The molecule has 0 aromatic heterocycles. The first-order valence-electron chi connectivity index (χ1n) is 13.6. The van der Waals surface area contributed by atoms with Crippen LogP contribution in [0, 0.1) is 0 Å². The van der Waals surface area contributed by atoms with Crippen molar-refractivity contribution in [3.8, 4) is 5.75 Å². The van der Waals surface area contributed by atoms with Gasteiger partial charge in [-0.15, -0.1) is 0 Å². The van der Waals surface area contributed by atoms with E-state index in [-0.39, 0.29) is 35.6 Å². The number of anilines is 1. The van der Waals surface area contributed by atoms with Crippen molar-refractivity contribution < 1.29 is 22.7 Å². The number of hydrogen-bond acceptors (Lipinski definition) is 5. The number of rotatable bonds is 12. The molecule has 1 aliphatic rings. The van der Waals surface area contributed by atoms with E-state index < -0.39 is 28.5 Å². The number of halogens is 1. The van der Waals surface area contributed by atoms with Crippen LogP contribution in [0.2, 0.25) is 5.02 Å². The number of nitrogens with one attached hydrogen (secondary N) is 1. The highest BCUT2D eigenvalue weighted by Crippen LogP contribution is 2.28. The molecule has 8 nitrogen and oxygen atoms in total. The van der Waals surface area contributed by atoms with Gasteiger partial charge in [0.2, 0.25) is 21.8 Å². The van der Waals surface area contributed by atoms with Gasteiger partial charge in [0.15, 0.2) is 0 Å². The molecular weight excluding hydrogens is 562 g/mol. The van der Waals surface area contributed by atoms with Crippen LogP contribution in [0.3, 0.4) is 0 Å². The molecule has 1 N–H and O–H groups in total. The van der Waals surface area contributed by atoms with Crippen LogP contribution in [0.4, 0.5) is 5.69 Å². The second-order valence-electron chi connectivity index (χ2n) is 10.3. The second kappa shape index (κ2) is 13.9. The smallest absolute Gasteiger partial charge is 0.244 e.